The molecule has 0 saturated carbocycles. The van der Waals surface area contributed by atoms with Crippen LogP contribution in [0.1, 0.15) is 41.2 Å². The highest BCUT2D eigenvalue weighted by atomic mass is 32.1. The Labute approximate surface area is 227 Å². The van der Waals surface area contributed by atoms with E-state index in [1.54, 1.807) is 30.2 Å². The maximum absolute atomic E-state index is 12.6. The van der Waals surface area contributed by atoms with Gasteiger partial charge in [0, 0.05) is 53.9 Å². The molecule has 0 spiro atoms. The lowest BCUT2D eigenvalue weighted by Gasteiger charge is -2.30. The van der Waals surface area contributed by atoms with Crippen molar-refractivity contribution < 1.29 is 28.1 Å². The summed E-state index contributed by atoms with van der Waals surface area (Å²) in [5.74, 6) is 0.104. The van der Waals surface area contributed by atoms with Gasteiger partial charge in [0.25, 0.3) is 0 Å². The highest BCUT2D eigenvalue weighted by Crippen LogP contribution is 2.33. The number of hydrogen-bond donors (Lipinski definition) is 1. The van der Waals surface area contributed by atoms with Crippen LogP contribution in [-0.2, 0) is 14.3 Å². The summed E-state index contributed by atoms with van der Waals surface area (Å²) in [6, 6.07) is 8.65. The van der Waals surface area contributed by atoms with Crippen molar-refractivity contribution >= 4 is 34.8 Å². The monoisotopic (exact) mass is 547 g/mol. The fourth-order valence-electron chi connectivity index (χ4n) is 4.14. The predicted octanol–water partition coefficient (Wildman–Crippen LogP) is 4.53. The van der Waals surface area contributed by atoms with Crippen molar-refractivity contribution in [3.63, 3.8) is 0 Å². The minimum absolute atomic E-state index is 0.107. The SMILES string of the molecule is CCOC(=O)c1cc(-c2csc(C3CCN(C(=O)/C=C/C(=O)Nc4ccc(-c5cnco5)cc4)CC3)n2)on1. The highest BCUT2D eigenvalue weighted by molar-refractivity contribution is 7.10. The molecule has 1 N–H and O–H groups in total. The van der Waals surface area contributed by atoms with Gasteiger partial charge in [-0.15, -0.1) is 11.3 Å². The van der Waals surface area contributed by atoms with Crippen LogP contribution in [0.2, 0.25) is 0 Å². The minimum Gasteiger partial charge on any atom is -0.461 e. The molecular formula is C27H25N5O6S. The lowest BCUT2D eigenvalue weighted by Crippen LogP contribution is -2.37. The Morgan fingerprint density at radius 2 is 1.95 bits per heavy atom. The molecule has 4 aromatic rings. The van der Waals surface area contributed by atoms with Gasteiger partial charge in [0.2, 0.25) is 11.8 Å². The van der Waals surface area contributed by atoms with Gasteiger partial charge in [0.15, 0.2) is 23.6 Å². The Balaban J connectivity index is 1.10. The molecule has 1 aliphatic heterocycles. The van der Waals surface area contributed by atoms with E-state index < -0.39 is 5.97 Å². The van der Waals surface area contributed by atoms with Crippen LogP contribution in [0.15, 0.2) is 69.4 Å². The molecule has 11 nitrogen and oxygen atoms in total. The summed E-state index contributed by atoms with van der Waals surface area (Å²) in [7, 11) is 0. The number of aromatic nitrogens is 3. The molecule has 200 valence electrons. The summed E-state index contributed by atoms with van der Waals surface area (Å²) in [6.07, 6.45) is 7.01. The maximum Gasteiger partial charge on any atom is 0.360 e. The molecule has 0 aliphatic carbocycles. The number of amides is 2. The third kappa shape index (κ3) is 6.29. The lowest BCUT2D eigenvalue weighted by molar-refractivity contribution is -0.127. The van der Waals surface area contributed by atoms with Gasteiger partial charge in [-0.05, 0) is 44.0 Å². The molecule has 1 aliphatic rings. The quantitative estimate of drug-likeness (QED) is 0.249. The summed E-state index contributed by atoms with van der Waals surface area (Å²) in [5, 5.41) is 9.31. The lowest BCUT2D eigenvalue weighted by atomic mass is 9.97. The van der Waals surface area contributed by atoms with Crippen molar-refractivity contribution in [3.05, 3.63) is 71.2 Å². The Morgan fingerprint density at radius 3 is 2.67 bits per heavy atom. The largest absolute Gasteiger partial charge is 0.461 e. The van der Waals surface area contributed by atoms with Crippen LogP contribution in [0.5, 0.6) is 0 Å². The molecule has 0 unspecified atom stereocenters. The second kappa shape index (κ2) is 11.9. The fourth-order valence-corrected chi connectivity index (χ4v) is 5.13. The predicted molar refractivity (Wildman–Crippen MR) is 142 cm³/mol. The summed E-state index contributed by atoms with van der Waals surface area (Å²) < 4.78 is 15.5. The number of nitrogens with one attached hydrogen (secondary N) is 1. The number of piperidine rings is 1. The molecule has 1 saturated heterocycles. The molecule has 5 rings (SSSR count). The van der Waals surface area contributed by atoms with Crippen molar-refractivity contribution in [3.8, 4) is 22.8 Å². The minimum atomic E-state index is -0.538. The number of benzene rings is 1. The molecule has 4 heterocycles. The number of thiazole rings is 1. The number of carbonyl (C=O) groups is 3. The van der Waals surface area contributed by atoms with E-state index in [-0.39, 0.29) is 30.0 Å². The van der Waals surface area contributed by atoms with Crippen LogP contribution in [0.3, 0.4) is 0 Å². The third-order valence-corrected chi connectivity index (χ3v) is 7.18. The number of ether oxygens (including phenoxy) is 1. The van der Waals surface area contributed by atoms with Gasteiger partial charge in [0.1, 0.15) is 5.69 Å². The van der Waals surface area contributed by atoms with Gasteiger partial charge < -0.3 is 23.9 Å². The second-order valence-corrected chi connectivity index (χ2v) is 9.62. The number of oxazole rings is 1. The van der Waals surface area contributed by atoms with E-state index in [9.17, 15) is 14.4 Å². The van der Waals surface area contributed by atoms with Crippen LogP contribution >= 0.6 is 11.3 Å². The molecule has 39 heavy (non-hydrogen) atoms. The molecule has 0 atom stereocenters. The molecule has 2 amide bonds. The number of anilines is 1. The van der Waals surface area contributed by atoms with E-state index in [4.69, 9.17) is 13.7 Å². The number of rotatable bonds is 8. The van der Waals surface area contributed by atoms with Crippen LogP contribution < -0.4 is 5.32 Å². The first-order chi connectivity index (χ1) is 19.0. The standard InChI is InChI=1S/C27H25N5O6S/c1-2-36-27(35)20-13-22(38-31-20)21-15-39-26(30-21)18-9-11-32(12-10-18)25(34)8-7-24(33)29-19-5-3-17(4-6-19)23-14-28-16-37-23/h3-8,13-16,18H,2,9-12H2,1H3,(H,29,33)/b8-7+. The maximum atomic E-state index is 12.6. The first kappa shape index (κ1) is 26.0. The smallest absolute Gasteiger partial charge is 0.360 e. The van der Waals surface area contributed by atoms with E-state index >= 15 is 0 Å². The van der Waals surface area contributed by atoms with Crippen molar-refractivity contribution in [1.29, 1.82) is 0 Å². The summed E-state index contributed by atoms with van der Waals surface area (Å²) in [6.45, 7) is 3.10. The van der Waals surface area contributed by atoms with Crippen LogP contribution in [0.4, 0.5) is 5.69 Å². The zero-order valence-electron chi connectivity index (χ0n) is 21.0. The number of hydrogen-bond acceptors (Lipinski definition) is 10. The Kier molecular flexibility index (Phi) is 7.92. The van der Waals surface area contributed by atoms with Crippen molar-refractivity contribution in [2.24, 2.45) is 0 Å². The zero-order valence-corrected chi connectivity index (χ0v) is 21.8. The van der Waals surface area contributed by atoms with Crippen LogP contribution in [-0.4, -0.2) is 57.5 Å². The van der Waals surface area contributed by atoms with Crippen LogP contribution in [0, 0.1) is 0 Å². The highest BCUT2D eigenvalue weighted by Gasteiger charge is 2.26. The second-order valence-electron chi connectivity index (χ2n) is 8.73. The molecule has 0 bridgehead atoms. The van der Waals surface area contributed by atoms with E-state index in [2.05, 4.69) is 20.4 Å². The number of esters is 1. The van der Waals surface area contributed by atoms with Gasteiger partial charge in [-0.3, -0.25) is 9.59 Å². The number of nitrogens with zero attached hydrogens (tertiary/aromatic N) is 4. The molecule has 1 fully saturated rings. The van der Waals surface area contributed by atoms with Gasteiger partial charge in [0.05, 0.1) is 17.8 Å². The van der Waals surface area contributed by atoms with E-state index in [0.29, 0.717) is 36.0 Å². The molecule has 12 heteroatoms. The summed E-state index contributed by atoms with van der Waals surface area (Å²) >= 11 is 1.51. The molecule has 3 aromatic heterocycles. The molecular weight excluding hydrogens is 522 g/mol. The van der Waals surface area contributed by atoms with Gasteiger partial charge in [-0.2, -0.15) is 0 Å². The van der Waals surface area contributed by atoms with E-state index in [0.717, 1.165) is 23.4 Å². The Bertz CT molecular complexity index is 1470. The molecule has 1 aromatic carbocycles. The van der Waals surface area contributed by atoms with Crippen molar-refractivity contribution in [1.82, 2.24) is 20.0 Å². The zero-order chi connectivity index (χ0) is 27.2. The Morgan fingerprint density at radius 1 is 1.15 bits per heavy atom. The van der Waals surface area contributed by atoms with Crippen LogP contribution in [0.25, 0.3) is 22.8 Å². The van der Waals surface area contributed by atoms with Crippen molar-refractivity contribution in [2.45, 2.75) is 25.7 Å². The Hall–Kier alpha value is -4.58. The van der Waals surface area contributed by atoms with Gasteiger partial charge >= 0.3 is 5.97 Å². The topological polar surface area (TPSA) is 141 Å². The van der Waals surface area contributed by atoms with E-state index in [1.807, 2.05) is 17.5 Å². The average molecular weight is 548 g/mol. The average Bonchev–Trinajstić information content (AvgIpc) is 3.74. The fraction of sp³-hybridized carbons (Fsp3) is 0.259. The number of carbonyl (C=O) groups excluding carboxylic acids is 3. The first-order valence-electron chi connectivity index (χ1n) is 12.4. The van der Waals surface area contributed by atoms with Gasteiger partial charge in [-0.25, -0.2) is 14.8 Å². The number of likely N-dealkylation sites (tertiary alicyclic amines) is 1. The normalized spacial score (nSPS) is 14.0. The summed E-state index contributed by atoms with van der Waals surface area (Å²) in [5.41, 5.74) is 2.16. The third-order valence-electron chi connectivity index (χ3n) is 6.17. The molecule has 0 radical (unpaired) electrons. The van der Waals surface area contributed by atoms with Gasteiger partial charge in [-0.1, -0.05) is 5.16 Å². The first-order valence-corrected chi connectivity index (χ1v) is 13.2. The summed E-state index contributed by atoms with van der Waals surface area (Å²) in [4.78, 5) is 47.0. The van der Waals surface area contributed by atoms with Crippen molar-refractivity contribution in [2.75, 3.05) is 25.0 Å². The van der Waals surface area contributed by atoms with E-state index in [1.165, 1.54) is 35.9 Å².